The Morgan fingerprint density at radius 3 is 2.50 bits per heavy atom. The molecule has 1 heterocycles. The van der Waals surface area contributed by atoms with Gasteiger partial charge in [0.25, 0.3) is 0 Å². The summed E-state index contributed by atoms with van der Waals surface area (Å²) < 4.78 is 1.25. The standard InChI is InChI=1S/C8H16NO/c1-7-5-4-6-8(2,3)9(7)10/h7H,4-6H2,1-3H3/q+1. The summed E-state index contributed by atoms with van der Waals surface area (Å²) in [6, 6.07) is 0.226. The topological polar surface area (TPSA) is 20.1 Å². The van der Waals surface area contributed by atoms with Gasteiger partial charge in [-0.15, -0.1) is 0 Å². The van der Waals surface area contributed by atoms with Crippen molar-refractivity contribution in [1.29, 1.82) is 0 Å². The highest BCUT2D eigenvalue weighted by atomic mass is 16.3. The molecule has 0 aliphatic carbocycles. The summed E-state index contributed by atoms with van der Waals surface area (Å²) in [5, 5.41) is 0. The lowest BCUT2D eigenvalue weighted by atomic mass is 9.90. The van der Waals surface area contributed by atoms with Crippen LogP contribution < -0.4 is 0 Å². The van der Waals surface area contributed by atoms with Gasteiger partial charge in [0.15, 0.2) is 6.04 Å². The molecule has 1 saturated heterocycles. The maximum absolute atomic E-state index is 11.4. The van der Waals surface area contributed by atoms with Crippen molar-refractivity contribution in [3.8, 4) is 0 Å². The molecule has 1 atom stereocenters. The maximum Gasteiger partial charge on any atom is 0.205 e. The van der Waals surface area contributed by atoms with Crippen molar-refractivity contribution < 1.29 is 4.76 Å². The van der Waals surface area contributed by atoms with Gasteiger partial charge in [0.05, 0.1) is 0 Å². The molecular weight excluding hydrogens is 126 g/mol. The van der Waals surface area contributed by atoms with Gasteiger partial charge >= 0.3 is 0 Å². The zero-order chi connectivity index (χ0) is 7.78. The van der Waals surface area contributed by atoms with Gasteiger partial charge in [0, 0.05) is 43.3 Å². The SMILES string of the molecule is CC1CCCC(C)(C)[N+]1=O. The summed E-state index contributed by atoms with van der Waals surface area (Å²) >= 11 is 0. The van der Waals surface area contributed by atoms with Crippen LogP contribution >= 0.6 is 0 Å². The summed E-state index contributed by atoms with van der Waals surface area (Å²) in [5.41, 5.74) is -0.113. The summed E-state index contributed by atoms with van der Waals surface area (Å²) in [7, 11) is 0. The molecule has 0 bridgehead atoms. The zero-order valence-electron chi connectivity index (χ0n) is 7.05. The third-order valence-corrected chi connectivity index (χ3v) is 2.41. The van der Waals surface area contributed by atoms with Gasteiger partial charge < -0.3 is 0 Å². The number of hydrogen-bond acceptors (Lipinski definition) is 1. The number of nitroso groups, excluding NO2 is 1. The van der Waals surface area contributed by atoms with Crippen molar-refractivity contribution in [3.05, 3.63) is 4.91 Å². The fourth-order valence-corrected chi connectivity index (χ4v) is 1.65. The highest BCUT2D eigenvalue weighted by Crippen LogP contribution is 2.26. The van der Waals surface area contributed by atoms with E-state index < -0.39 is 0 Å². The van der Waals surface area contributed by atoms with Crippen LogP contribution in [0.3, 0.4) is 0 Å². The molecule has 2 heteroatoms. The van der Waals surface area contributed by atoms with Gasteiger partial charge in [-0.05, 0) is 6.42 Å². The summed E-state index contributed by atoms with van der Waals surface area (Å²) in [5.74, 6) is 0. The molecule has 0 saturated carbocycles. The fourth-order valence-electron chi connectivity index (χ4n) is 1.65. The lowest BCUT2D eigenvalue weighted by molar-refractivity contribution is -0.659. The van der Waals surface area contributed by atoms with E-state index >= 15 is 0 Å². The number of piperidine rings is 1. The second-order valence-electron chi connectivity index (χ2n) is 3.88. The molecule has 0 aromatic rings. The first kappa shape index (κ1) is 7.70. The van der Waals surface area contributed by atoms with Crippen LogP contribution in [-0.4, -0.2) is 16.3 Å². The van der Waals surface area contributed by atoms with E-state index in [-0.39, 0.29) is 11.6 Å². The minimum atomic E-state index is -0.113. The minimum absolute atomic E-state index is 0.113. The molecule has 0 spiro atoms. The van der Waals surface area contributed by atoms with Crippen LogP contribution in [0, 0.1) is 4.91 Å². The second-order valence-corrected chi connectivity index (χ2v) is 3.88. The quantitative estimate of drug-likeness (QED) is 0.474. The van der Waals surface area contributed by atoms with Crippen molar-refractivity contribution in [2.24, 2.45) is 0 Å². The van der Waals surface area contributed by atoms with E-state index in [0.717, 1.165) is 12.8 Å². The Kier molecular flexibility index (Phi) is 1.80. The van der Waals surface area contributed by atoms with Gasteiger partial charge in [-0.3, -0.25) is 0 Å². The van der Waals surface area contributed by atoms with E-state index in [4.69, 9.17) is 0 Å². The first-order valence-corrected chi connectivity index (χ1v) is 4.00. The molecule has 10 heavy (non-hydrogen) atoms. The van der Waals surface area contributed by atoms with E-state index in [2.05, 4.69) is 0 Å². The van der Waals surface area contributed by atoms with Crippen molar-refractivity contribution in [1.82, 2.24) is 0 Å². The van der Waals surface area contributed by atoms with E-state index in [0.29, 0.717) is 0 Å². The molecule has 0 aromatic carbocycles. The normalized spacial score (nSPS) is 32.3. The Morgan fingerprint density at radius 2 is 2.10 bits per heavy atom. The molecule has 0 aromatic heterocycles. The van der Waals surface area contributed by atoms with Crippen molar-refractivity contribution in [3.63, 3.8) is 0 Å². The molecular formula is C8H16NO+. The third kappa shape index (κ3) is 1.20. The molecule has 2 nitrogen and oxygen atoms in total. The van der Waals surface area contributed by atoms with Crippen LogP contribution in [0.1, 0.15) is 40.0 Å². The van der Waals surface area contributed by atoms with Crippen LogP contribution in [0.2, 0.25) is 0 Å². The van der Waals surface area contributed by atoms with Crippen LogP contribution in [0.4, 0.5) is 0 Å². The van der Waals surface area contributed by atoms with Gasteiger partial charge in [-0.1, -0.05) is 0 Å². The highest BCUT2D eigenvalue weighted by molar-refractivity contribution is 4.72. The van der Waals surface area contributed by atoms with Crippen LogP contribution in [0.5, 0.6) is 0 Å². The maximum atomic E-state index is 11.4. The Bertz CT molecular complexity index is 151. The third-order valence-electron chi connectivity index (χ3n) is 2.41. The molecule has 1 rings (SSSR count). The predicted molar refractivity (Wildman–Crippen MR) is 41.0 cm³/mol. The lowest BCUT2D eigenvalue weighted by Crippen LogP contribution is -2.43. The average Bonchev–Trinajstić information content (AvgIpc) is 1.83. The Morgan fingerprint density at radius 1 is 1.50 bits per heavy atom. The van der Waals surface area contributed by atoms with E-state index in [1.54, 1.807) is 0 Å². The monoisotopic (exact) mass is 142 g/mol. The number of rotatable bonds is 0. The summed E-state index contributed by atoms with van der Waals surface area (Å²) in [6.45, 7) is 6.05. The van der Waals surface area contributed by atoms with Gasteiger partial charge in [0.2, 0.25) is 5.54 Å². The molecule has 1 fully saturated rings. The molecule has 1 unspecified atom stereocenters. The van der Waals surface area contributed by atoms with Crippen molar-refractivity contribution in [2.45, 2.75) is 51.6 Å². The zero-order valence-corrected chi connectivity index (χ0v) is 7.05. The molecule has 1 aliphatic rings. The first-order valence-electron chi connectivity index (χ1n) is 4.00. The smallest absolute Gasteiger partial charge is 0.0401 e. The largest absolute Gasteiger partial charge is 0.205 e. The molecule has 58 valence electrons. The Balaban J connectivity index is 2.70. The molecule has 0 radical (unpaired) electrons. The minimum Gasteiger partial charge on any atom is -0.0401 e. The highest BCUT2D eigenvalue weighted by Gasteiger charge is 2.41. The van der Waals surface area contributed by atoms with Crippen LogP contribution in [-0.2, 0) is 0 Å². The number of hydrogen-bond donors (Lipinski definition) is 0. The van der Waals surface area contributed by atoms with E-state index in [1.165, 1.54) is 11.2 Å². The van der Waals surface area contributed by atoms with Gasteiger partial charge in [0.1, 0.15) is 0 Å². The van der Waals surface area contributed by atoms with E-state index in [9.17, 15) is 4.91 Å². The fraction of sp³-hybridized carbons (Fsp3) is 1.00. The Hall–Kier alpha value is -0.400. The van der Waals surface area contributed by atoms with Crippen molar-refractivity contribution >= 4 is 0 Å². The van der Waals surface area contributed by atoms with Crippen LogP contribution in [0.25, 0.3) is 0 Å². The van der Waals surface area contributed by atoms with Gasteiger partial charge in [-0.25, -0.2) is 0 Å². The summed E-state index contributed by atoms with van der Waals surface area (Å²) in [6.07, 6.45) is 3.31. The molecule has 1 aliphatic heterocycles. The molecule has 0 amide bonds. The second kappa shape index (κ2) is 2.33. The van der Waals surface area contributed by atoms with Crippen LogP contribution in [0.15, 0.2) is 0 Å². The van der Waals surface area contributed by atoms with Crippen molar-refractivity contribution in [2.75, 3.05) is 0 Å². The summed E-state index contributed by atoms with van der Waals surface area (Å²) in [4.78, 5) is 11.4. The average molecular weight is 142 g/mol. The van der Waals surface area contributed by atoms with E-state index in [1.807, 2.05) is 20.8 Å². The predicted octanol–water partition coefficient (Wildman–Crippen LogP) is 2.12. The molecule has 0 N–H and O–H groups in total. The first-order chi connectivity index (χ1) is 4.54. The van der Waals surface area contributed by atoms with Gasteiger partial charge in [-0.2, -0.15) is 0 Å². The lowest BCUT2D eigenvalue weighted by Gasteiger charge is -2.24. The Labute approximate surface area is 62.2 Å². The number of nitrogens with zero attached hydrogens (tertiary/aromatic N) is 1.